The van der Waals surface area contributed by atoms with Gasteiger partial charge in [-0.05, 0) is 0 Å². The van der Waals surface area contributed by atoms with Gasteiger partial charge in [-0.1, -0.05) is 0 Å². The van der Waals surface area contributed by atoms with Crippen molar-refractivity contribution in [2.24, 2.45) is 0 Å². The maximum absolute atomic E-state index is 5.19. The van der Waals surface area contributed by atoms with Crippen LogP contribution < -0.4 is 0 Å². The van der Waals surface area contributed by atoms with Gasteiger partial charge in [0.15, 0.2) is 21.6 Å². The van der Waals surface area contributed by atoms with Crippen molar-refractivity contribution in [2.45, 2.75) is 25.4 Å². The molecule has 2 aliphatic heterocycles. The highest BCUT2D eigenvalue weighted by atomic mass is 31.1. The van der Waals surface area contributed by atoms with Crippen LogP contribution in [0.3, 0.4) is 0 Å². The van der Waals surface area contributed by atoms with Crippen LogP contribution in [0.5, 0.6) is 0 Å². The summed E-state index contributed by atoms with van der Waals surface area (Å²) in [5.74, 6) is 0. The molecular weight excluding hydrogens is 167 g/mol. The van der Waals surface area contributed by atoms with E-state index in [4.69, 9.17) is 18.5 Å². The Morgan fingerprint density at radius 2 is 1.45 bits per heavy atom. The summed E-state index contributed by atoms with van der Waals surface area (Å²) in [6, 6.07) is 0. The van der Waals surface area contributed by atoms with E-state index >= 15 is 0 Å². The van der Waals surface area contributed by atoms with Crippen molar-refractivity contribution in [3.05, 3.63) is 0 Å². The molecule has 0 spiro atoms. The van der Waals surface area contributed by atoms with Crippen molar-refractivity contribution >= 4 is 9.03 Å². The van der Waals surface area contributed by atoms with Gasteiger partial charge in [0.2, 0.25) is 0 Å². The average Bonchev–Trinajstić information content (AvgIpc) is 1.79. The third-order valence-corrected chi connectivity index (χ3v) is 2.39. The summed E-state index contributed by atoms with van der Waals surface area (Å²) in [6.45, 7) is 1.63. The Morgan fingerprint density at radius 1 is 1.00 bits per heavy atom. The molecule has 0 N–H and O–H groups in total. The molecule has 4 nitrogen and oxygen atoms in total. The van der Waals surface area contributed by atoms with E-state index in [0.717, 1.165) is 26.1 Å². The Hall–Kier alpha value is 0.270. The van der Waals surface area contributed by atoms with Crippen molar-refractivity contribution in [3.63, 3.8) is 0 Å². The molecule has 2 atom stereocenters. The van der Waals surface area contributed by atoms with Crippen LogP contribution in [0.15, 0.2) is 0 Å². The van der Waals surface area contributed by atoms with Crippen molar-refractivity contribution in [3.8, 4) is 0 Å². The van der Waals surface area contributed by atoms with E-state index in [1.54, 1.807) is 0 Å². The lowest BCUT2D eigenvalue weighted by molar-refractivity contribution is -0.186. The number of ether oxygens (including phenoxy) is 2. The first-order valence-electron chi connectivity index (χ1n) is 3.74. The second-order valence-electron chi connectivity index (χ2n) is 2.50. The zero-order valence-electron chi connectivity index (χ0n) is 6.12. The Kier molecular flexibility index (Phi) is 2.72. The summed E-state index contributed by atoms with van der Waals surface area (Å²) in [5, 5.41) is 0. The van der Waals surface area contributed by atoms with Crippen molar-refractivity contribution in [2.75, 3.05) is 13.2 Å². The van der Waals surface area contributed by atoms with Gasteiger partial charge in [0.1, 0.15) is 0 Å². The van der Waals surface area contributed by atoms with Crippen molar-refractivity contribution in [1.29, 1.82) is 0 Å². The molecule has 11 heavy (non-hydrogen) atoms. The molecule has 0 aromatic rings. The Balaban J connectivity index is 1.46. The third kappa shape index (κ3) is 2.10. The first kappa shape index (κ1) is 7.90. The highest BCUT2D eigenvalue weighted by molar-refractivity contribution is 7.26. The van der Waals surface area contributed by atoms with E-state index in [1.165, 1.54) is 0 Å². The third-order valence-electron chi connectivity index (χ3n) is 1.67. The van der Waals surface area contributed by atoms with Crippen LogP contribution in [-0.2, 0) is 18.5 Å². The maximum atomic E-state index is 5.19. The van der Waals surface area contributed by atoms with Gasteiger partial charge in [0, 0.05) is 12.8 Å². The van der Waals surface area contributed by atoms with Gasteiger partial charge < -0.3 is 18.5 Å². The summed E-state index contributed by atoms with van der Waals surface area (Å²) in [6.07, 6.45) is 1.94. The quantitative estimate of drug-likeness (QED) is 0.602. The minimum atomic E-state index is -0.0200. The van der Waals surface area contributed by atoms with Crippen LogP contribution in [-0.4, -0.2) is 25.8 Å². The van der Waals surface area contributed by atoms with Crippen LogP contribution in [0.4, 0.5) is 0 Å². The van der Waals surface area contributed by atoms with Crippen LogP contribution in [0.2, 0.25) is 0 Å². The zero-order valence-corrected chi connectivity index (χ0v) is 7.12. The molecule has 0 aliphatic carbocycles. The molecule has 2 aliphatic rings. The smallest absolute Gasteiger partial charge is 0.166 e. The fraction of sp³-hybridized carbons (Fsp3) is 1.00. The molecule has 2 unspecified atom stereocenters. The van der Waals surface area contributed by atoms with E-state index in [9.17, 15) is 0 Å². The Bertz CT molecular complexity index is 110. The SMILES string of the molecule is C1CC(OPOC2CCO2)O1. The van der Waals surface area contributed by atoms with Gasteiger partial charge in [0.25, 0.3) is 0 Å². The van der Waals surface area contributed by atoms with Crippen LogP contribution >= 0.6 is 9.03 Å². The van der Waals surface area contributed by atoms with Crippen molar-refractivity contribution < 1.29 is 18.5 Å². The predicted octanol–water partition coefficient (Wildman–Crippen LogP) is 1.02. The predicted molar refractivity (Wildman–Crippen MR) is 39.2 cm³/mol. The van der Waals surface area contributed by atoms with E-state index in [0.29, 0.717) is 0 Å². The normalized spacial score (nSPS) is 37.1. The van der Waals surface area contributed by atoms with E-state index in [-0.39, 0.29) is 21.6 Å². The summed E-state index contributed by atoms with van der Waals surface area (Å²) in [5.41, 5.74) is 0. The van der Waals surface area contributed by atoms with Crippen LogP contribution in [0.25, 0.3) is 0 Å². The second-order valence-corrected chi connectivity index (χ2v) is 3.14. The number of hydrogen-bond donors (Lipinski definition) is 0. The fourth-order valence-electron chi connectivity index (χ4n) is 0.749. The van der Waals surface area contributed by atoms with Gasteiger partial charge in [-0.15, -0.1) is 0 Å². The Morgan fingerprint density at radius 3 is 1.73 bits per heavy atom. The van der Waals surface area contributed by atoms with E-state index in [2.05, 4.69) is 0 Å². The maximum Gasteiger partial charge on any atom is 0.166 e. The average molecular weight is 178 g/mol. The van der Waals surface area contributed by atoms with Crippen LogP contribution in [0.1, 0.15) is 12.8 Å². The minimum Gasteiger partial charge on any atom is -0.352 e. The summed E-state index contributed by atoms with van der Waals surface area (Å²) in [4.78, 5) is 0. The molecule has 64 valence electrons. The molecular formula is C6H11O4P. The van der Waals surface area contributed by atoms with Crippen molar-refractivity contribution in [1.82, 2.24) is 0 Å². The van der Waals surface area contributed by atoms with Gasteiger partial charge >= 0.3 is 0 Å². The van der Waals surface area contributed by atoms with Gasteiger partial charge in [-0.25, -0.2) is 0 Å². The highest BCUT2D eigenvalue weighted by Crippen LogP contribution is 2.28. The van der Waals surface area contributed by atoms with Gasteiger partial charge in [-0.3, -0.25) is 0 Å². The Labute approximate surface area is 67.1 Å². The molecule has 0 saturated carbocycles. The lowest BCUT2D eigenvalue weighted by Gasteiger charge is -2.29. The lowest BCUT2D eigenvalue weighted by Crippen LogP contribution is -2.29. The largest absolute Gasteiger partial charge is 0.352 e. The van der Waals surface area contributed by atoms with Gasteiger partial charge in [-0.2, -0.15) is 0 Å². The molecule has 2 heterocycles. The van der Waals surface area contributed by atoms with E-state index < -0.39 is 0 Å². The molecule has 0 bridgehead atoms. The molecule has 0 radical (unpaired) electrons. The summed E-state index contributed by atoms with van der Waals surface area (Å²) in [7, 11) is 0.0590. The van der Waals surface area contributed by atoms with Crippen LogP contribution in [0, 0.1) is 0 Å². The molecule has 0 amide bonds. The number of rotatable bonds is 4. The summed E-state index contributed by atoms with van der Waals surface area (Å²) >= 11 is 0. The lowest BCUT2D eigenvalue weighted by atomic mass is 10.4. The monoisotopic (exact) mass is 178 g/mol. The molecule has 0 aromatic carbocycles. The molecule has 0 aromatic heterocycles. The standard InChI is InChI=1S/C6H11O4P/c1-3-7-5(1)9-11-10-6-2-4-8-6/h5-6,11H,1-4H2. The molecule has 2 fully saturated rings. The number of hydrogen-bond acceptors (Lipinski definition) is 4. The second kappa shape index (κ2) is 3.78. The van der Waals surface area contributed by atoms with E-state index in [1.807, 2.05) is 0 Å². The molecule has 2 saturated heterocycles. The summed E-state index contributed by atoms with van der Waals surface area (Å²) < 4.78 is 20.4. The minimum absolute atomic E-state index is 0.0200. The van der Waals surface area contributed by atoms with Gasteiger partial charge in [0.05, 0.1) is 13.2 Å². The first-order chi connectivity index (χ1) is 5.45. The zero-order chi connectivity index (χ0) is 7.52. The topological polar surface area (TPSA) is 36.9 Å². The first-order valence-corrected chi connectivity index (χ1v) is 4.56. The highest BCUT2D eigenvalue weighted by Gasteiger charge is 2.22. The molecule has 5 heteroatoms. The fourth-order valence-corrected chi connectivity index (χ4v) is 1.39. The molecule has 2 rings (SSSR count).